The summed E-state index contributed by atoms with van der Waals surface area (Å²) in [6.45, 7) is 9.17. The molecule has 0 aromatic carbocycles. The van der Waals surface area contributed by atoms with E-state index < -0.39 is 0 Å². The number of nitrogens with zero attached hydrogens (tertiary/aromatic N) is 1. The zero-order chi connectivity index (χ0) is 10.6. The Morgan fingerprint density at radius 1 is 1.57 bits per heavy atom. The Labute approximate surface area is 92.1 Å². The molecule has 1 rings (SSSR count). The smallest absolute Gasteiger partial charge is 0.0496 e. The number of aliphatic hydroxyl groups excluding tert-OH is 1. The minimum Gasteiger partial charge on any atom is -0.396 e. The van der Waals surface area contributed by atoms with Crippen molar-refractivity contribution < 1.29 is 5.11 Å². The zero-order valence-electron chi connectivity index (χ0n) is 9.62. The minimum atomic E-state index is 0.0935. The van der Waals surface area contributed by atoms with Crippen LogP contribution in [0.5, 0.6) is 0 Å². The van der Waals surface area contributed by atoms with Gasteiger partial charge in [0.1, 0.15) is 0 Å². The molecule has 1 aliphatic rings. The third-order valence-corrected chi connectivity index (χ3v) is 4.51. The first-order valence-corrected chi connectivity index (χ1v) is 6.69. The Morgan fingerprint density at radius 2 is 2.29 bits per heavy atom. The maximum Gasteiger partial charge on any atom is 0.0496 e. The first-order valence-electron chi connectivity index (χ1n) is 5.54. The number of hydrogen-bond acceptors (Lipinski definition) is 3. The molecule has 0 radical (unpaired) electrons. The Morgan fingerprint density at radius 3 is 2.79 bits per heavy atom. The molecular formula is C11H23NOS. The molecule has 1 fully saturated rings. The molecule has 0 saturated carbocycles. The molecular weight excluding hydrogens is 194 g/mol. The second-order valence-corrected chi connectivity index (χ2v) is 5.87. The van der Waals surface area contributed by atoms with E-state index in [1.807, 2.05) is 11.8 Å². The van der Waals surface area contributed by atoms with Gasteiger partial charge in [0.15, 0.2) is 0 Å². The van der Waals surface area contributed by atoms with Crippen LogP contribution in [0.3, 0.4) is 0 Å². The Bertz CT molecular complexity index is 171. The molecule has 1 saturated heterocycles. The van der Waals surface area contributed by atoms with Crippen molar-refractivity contribution >= 4 is 11.8 Å². The molecule has 2 nitrogen and oxygen atoms in total. The van der Waals surface area contributed by atoms with Crippen molar-refractivity contribution in [2.45, 2.75) is 33.2 Å². The maximum atomic E-state index is 9.37. The lowest BCUT2D eigenvalue weighted by molar-refractivity contribution is 0.0731. The van der Waals surface area contributed by atoms with Gasteiger partial charge < -0.3 is 5.11 Å². The van der Waals surface area contributed by atoms with Crippen molar-refractivity contribution in [3.05, 3.63) is 0 Å². The van der Waals surface area contributed by atoms with Crippen molar-refractivity contribution in [1.82, 2.24) is 4.90 Å². The van der Waals surface area contributed by atoms with E-state index in [2.05, 4.69) is 25.7 Å². The minimum absolute atomic E-state index is 0.0935. The van der Waals surface area contributed by atoms with Crippen LogP contribution in [0.4, 0.5) is 0 Å². The van der Waals surface area contributed by atoms with Crippen molar-refractivity contribution in [1.29, 1.82) is 0 Å². The molecule has 1 heterocycles. The largest absolute Gasteiger partial charge is 0.396 e. The average Bonchev–Trinajstić information content (AvgIpc) is 2.21. The molecule has 1 aliphatic heterocycles. The highest BCUT2D eigenvalue weighted by Gasteiger charge is 2.28. The standard InChI is InChI=1S/C11H23NOS/c1-4-11(3,9-13)8-12-5-6-14-7-10(12)2/h10,13H,4-9H2,1-3H3. The lowest BCUT2D eigenvalue weighted by Crippen LogP contribution is -2.46. The van der Waals surface area contributed by atoms with Crippen LogP contribution in [0.2, 0.25) is 0 Å². The normalized spacial score (nSPS) is 28.7. The summed E-state index contributed by atoms with van der Waals surface area (Å²) in [7, 11) is 0. The van der Waals surface area contributed by atoms with Gasteiger partial charge in [0.25, 0.3) is 0 Å². The van der Waals surface area contributed by atoms with Gasteiger partial charge in [0.05, 0.1) is 0 Å². The van der Waals surface area contributed by atoms with E-state index in [4.69, 9.17) is 0 Å². The average molecular weight is 217 g/mol. The van der Waals surface area contributed by atoms with E-state index in [1.54, 1.807) is 0 Å². The second-order valence-electron chi connectivity index (χ2n) is 4.72. The fraction of sp³-hybridized carbons (Fsp3) is 1.00. The second kappa shape index (κ2) is 5.38. The molecule has 0 aromatic rings. The number of hydrogen-bond donors (Lipinski definition) is 1. The molecule has 0 bridgehead atoms. The van der Waals surface area contributed by atoms with Crippen LogP contribution in [-0.4, -0.2) is 47.3 Å². The van der Waals surface area contributed by atoms with Gasteiger partial charge in [-0.2, -0.15) is 11.8 Å². The van der Waals surface area contributed by atoms with Crippen molar-refractivity contribution in [2.75, 3.05) is 31.2 Å². The molecule has 0 aliphatic carbocycles. The predicted octanol–water partition coefficient (Wildman–Crippen LogP) is 1.83. The summed E-state index contributed by atoms with van der Waals surface area (Å²) in [6.07, 6.45) is 1.06. The van der Waals surface area contributed by atoms with Crippen molar-refractivity contribution in [2.24, 2.45) is 5.41 Å². The Kier molecular flexibility index (Phi) is 4.74. The Balaban J connectivity index is 2.48. The summed E-state index contributed by atoms with van der Waals surface area (Å²) >= 11 is 2.04. The van der Waals surface area contributed by atoms with Gasteiger partial charge in [-0.1, -0.05) is 13.8 Å². The van der Waals surface area contributed by atoms with Crippen LogP contribution < -0.4 is 0 Å². The monoisotopic (exact) mass is 217 g/mol. The zero-order valence-corrected chi connectivity index (χ0v) is 10.4. The number of thioether (sulfide) groups is 1. The molecule has 2 unspecified atom stereocenters. The molecule has 0 spiro atoms. The predicted molar refractivity (Wildman–Crippen MR) is 63.8 cm³/mol. The summed E-state index contributed by atoms with van der Waals surface area (Å²) in [5.74, 6) is 2.49. The van der Waals surface area contributed by atoms with Gasteiger partial charge >= 0.3 is 0 Å². The first kappa shape index (κ1) is 12.3. The summed E-state index contributed by atoms with van der Waals surface area (Å²) in [6, 6.07) is 0.672. The maximum absolute atomic E-state index is 9.37. The van der Waals surface area contributed by atoms with Gasteiger partial charge in [-0.05, 0) is 13.3 Å². The van der Waals surface area contributed by atoms with Crippen LogP contribution >= 0.6 is 11.8 Å². The van der Waals surface area contributed by atoms with Crippen LogP contribution in [0.1, 0.15) is 27.2 Å². The third kappa shape index (κ3) is 3.14. The number of rotatable bonds is 4. The first-order chi connectivity index (χ1) is 6.61. The topological polar surface area (TPSA) is 23.5 Å². The van der Waals surface area contributed by atoms with E-state index in [1.165, 1.54) is 18.1 Å². The summed E-state index contributed by atoms with van der Waals surface area (Å²) in [5, 5.41) is 9.37. The lowest BCUT2D eigenvalue weighted by atomic mass is 9.87. The molecule has 0 amide bonds. The van der Waals surface area contributed by atoms with E-state index >= 15 is 0 Å². The highest BCUT2D eigenvalue weighted by atomic mass is 32.2. The van der Waals surface area contributed by atoms with Gasteiger partial charge in [-0.15, -0.1) is 0 Å². The molecule has 3 heteroatoms. The highest BCUT2D eigenvalue weighted by Crippen LogP contribution is 2.25. The Hall–Kier alpha value is 0.270. The van der Waals surface area contributed by atoms with Crippen LogP contribution in [0, 0.1) is 5.41 Å². The molecule has 2 atom stereocenters. The van der Waals surface area contributed by atoms with Crippen LogP contribution in [0.25, 0.3) is 0 Å². The highest BCUT2D eigenvalue weighted by molar-refractivity contribution is 7.99. The fourth-order valence-corrected chi connectivity index (χ4v) is 2.84. The third-order valence-electron chi connectivity index (χ3n) is 3.33. The van der Waals surface area contributed by atoms with E-state index in [0.29, 0.717) is 12.6 Å². The van der Waals surface area contributed by atoms with Gasteiger partial charge in [0, 0.05) is 42.7 Å². The van der Waals surface area contributed by atoms with Gasteiger partial charge in [-0.25, -0.2) is 0 Å². The van der Waals surface area contributed by atoms with Crippen LogP contribution in [0.15, 0.2) is 0 Å². The molecule has 1 N–H and O–H groups in total. The van der Waals surface area contributed by atoms with Gasteiger partial charge in [0.2, 0.25) is 0 Å². The molecule has 84 valence electrons. The van der Waals surface area contributed by atoms with Crippen LogP contribution in [-0.2, 0) is 0 Å². The van der Waals surface area contributed by atoms with E-state index in [9.17, 15) is 5.11 Å². The lowest BCUT2D eigenvalue weighted by Gasteiger charge is -2.39. The van der Waals surface area contributed by atoms with Gasteiger partial charge in [-0.3, -0.25) is 4.90 Å². The fourth-order valence-electron chi connectivity index (χ4n) is 1.76. The van der Waals surface area contributed by atoms with E-state index in [0.717, 1.165) is 13.0 Å². The van der Waals surface area contributed by atoms with Crippen molar-refractivity contribution in [3.63, 3.8) is 0 Å². The number of aliphatic hydroxyl groups is 1. The summed E-state index contributed by atoms with van der Waals surface area (Å²) in [4.78, 5) is 2.52. The van der Waals surface area contributed by atoms with Crippen molar-refractivity contribution in [3.8, 4) is 0 Å². The molecule has 0 aromatic heterocycles. The SMILES string of the molecule is CCC(C)(CO)CN1CCSCC1C. The quantitative estimate of drug-likeness (QED) is 0.777. The summed E-state index contributed by atoms with van der Waals surface area (Å²) < 4.78 is 0. The summed E-state index contributed by atoms with van der Waals surface area (Å²) in [5.41, 5.74) is 0.0935. The molecule has 14 heavy (non-hydrogen) atoms. The van der Waals surface area contributed by atoms with E-state index in [-0.39, 0.29) is 5.41 Å².